The summed E-state index contributed by atoms with van der Waals surface area (Å²) in [6.07, 6.45) is 6.30. The minimum Gasteiger partial charge on any atom is -0.310 e. The number of benzene rings is 1. The first-order chi connectivity index (χ1) is 8.31. The van der Waals surface area contributed by atoms with E-state index in [2.05, 4.69) is 50.4 Å². The molecule has 17 heavy (non-hydrogen) atoms. The molecular formula is C16H27N. The Morgan fingerprint density at radius 1 is 1.06 bits per heavy atom. The van der Waals surface area contributed by atoms with E-state index in [1.54, 1.807) is 0 Å². The average Bonchev–Trinajstić information content (AvgIpc) is 2.39. The van der Waals surface area contributed by atoms with Crippen molar-refractivity contribution in [2.24, 2.45) is 0 Å². The van der Waals surface area contributed by atoms with Crippen LogP contribution in [-0.2, 0) is 13.0 Å². The maximum atomic E-state index is 3.70. The van der Waals surface area contributed by atoms with E-state index in [4.69, 9.17) is 0 Å². The highest BCUT2D eigenvalue weighted by Crippen LogP contribution is 2.11. The first-order valence-electron chi connectivity index (χ1n) is 7.11. The number of unbranched alkanes of at least 4 members (excludes halogenated alkanes) is 1. The lowest BCUT2D eigenvalue weighted by molar-refractivity contribution is 0.451. The van der Waals surface area contributed by atoms with Gasteiger partial charge in [-0.2, -0.15) is 0 Å². The Kier molecular flexibility index (Phi) is 6.95. The summed E-state index contributed by atoms with van der Waals surface area (Å²) in [5, 5.41) is 3.70. The second-order valence-electron chi connectivity index (χ2n) is 4.75. The summed E-state index contributed by atoms with van der Waals surface area (Å²) in [7, 11) is 0. The summed E-state index contributed by atoms with van der Waals surface area (Å²) in [4.78, 5) is 0. The molecule has 1 nitrogen and oxygen atoms in total. The van der Waals surface area contributed by atoms with Gasteiger partial charge in [0.25, 0.3) is 0 Å². The molecule has 1 unspecified atom stereocenters. The predicted octanol–water partition coefficient (Wildman–Crippen LogP) is 4.31. The third kappa shape index (κ3) is 4.91. The Labute approximate surface area is 107 Å². The quantitative estimate of drug-likeness (QED) is 0.705. The number of nitrogens with one attached hydrogen (secondary N) is 1. The molecule has 0 aromatic heterocycles. The first-order valence-corrected chi connectivity index (χ1v) is 7.11. The number of hydrogen-bond donors (Lipinski definition) is 1. The minimum absolute atomic E-state index is 0.680. The van der Waals surface area contributed by atoms with E-state index >= 15 is 0 Å². The highest BCUT2D eigenvalue weighted by Gasteiger charge is 2.06. The SMILES string of the molecule is CCCCC(CC)NCc1ccccc1CC. The van der Waals surface area contributed by atoms with Crippen LogP contribution in [0.2, 0.25) is 0 Å². The van der Waals surface area contributed by atoms with Crippen molar-refractivity contribution in [1.82, 2.24) is 5.32 Å². The number of aryl methyl sites for hydroxylation is 1. The highest BCUT2D eigenvalue weighted by atomic mass is 14.9. The summed E-state index contributed by atoms with van der Waals surface area (Å²) in [5.74, 6) is 0. The van der Waals surface area contributed by atoms with Gasteiger partial charge in [-0.25, -0.2) is 0 Å². The van der Waals surface area contributed by atoms with Crippen LogP contribution in [0.25, 0.3) is 0 Å². The molecule has 0 spiro atoms. The Morgan fingerprint density at radius 2 is 1.76 bits per heavy atom. The minimum atomic E-state index is 0.680. The van der Waals surface area contributed by atoms with Crippen molar-refractivity contribution >= 4 is 0 Å². The molecule has 0 amide bonds. The van der Waals surface area contributed by atoms with E-state index in [1.165, 1.54) is 36.8 Å². The van der Waals surface area contributed by atoms with Crippen molar-refractivity contribution in [2.45, 2.75) is 65.5 Å². The molecule has 0 fully saturated rings. The van der Waals surface area contributed by atoms with Gasteiger partial charge in [0.05, 0.1) is 0 Å². The summed E-state index contributed by atoms with van der Waals surface area (Å²) in [6, 6.07) is 9.45. The zero-order chi connectivity index (χ0) is 12.5. The lowest BCUT2D eigenvalue weighted by Gasteiger charge is -2.17. The van der Waals surface area contributed by atoms with E-state index in [9.17, 15) is 0 Å². The van der Waals surface area contributed by atoms with Crippen LogP contribution in [0.5, 0.6) is 0 Å². The molecule has 1 aromatic rings. The molecule has 96 valence electrons. The molecule has 1 atom stereocenters. The molecule has 0 aliphatic heterocycles. The molecule has 0 bridgehead atoms. The monoisotopic (exact) mass is 233 g/mol. The summed E-state index contributed by atoms with van der Waals surface area (Å²) in [5.41, 5.74) is 2.94. The van der Waals surface area contributed by atoms with Crippen molar-refractivity contribution in [3.8, 4) is 0 Å². The average molecular weight is 233 g/mol. The summed E-state index contributed by atoms with van der Waals surface area (Å²) < 4.78 is 0. The number of hydrogen-bond acceptors (Lipinski definition) is 1. The summed E-state index contributed by atoms with van der Waals surface area (Å²) in [6.45, 7) is 7.79. The van der Waals surface area contributed by atoms with Gasteiger partial charge >= 0.3 is 0 Å². The van der Waals surface area contributed by atoms with Crippen LogP contribution in [0.1, 0.15) is 57.6 Å². The maximum Gasteiger partial charge on any atom is 0.0210 e. The Balaban J connectivity index is 2.47. The van der Waals surface area contributed by atoms with Gasteiger partial charge in [0.15, 0.2) is 0 Å². The Hall–Kier alpha value is -0.820. The van der Waals surface area contributed by atoms with Gasteiger partial charge < -0.3 is 5.32 Å². The molecule has 1 N–H and O–H groups in total. The number of rotatable bonds is 8. The molecule has 0 saturated heterocycles. The van der Waals surface area contributed by atoms with Crippen molar-refractivity contribution in [3.05, 3.63) is 35.4 Å². The lowest BCUT2D eigenvalue weighted by Crippen LogP contribution is -2.28. The smallest absolute Gasteiger partial charge is 0.0210 e. The van der Waals surface area contributed by atoms with E-state index < -0.39 is 0 Å². The fourth-order valence-electron chi connectivity index (χ4n) is 2.23. The van der Waals surface area contributed by atoms with Gasteiger partial charge in [-0.15, -0.1) is 0 Å². The van der Waals surface area contributed by atoms with Crippen molar-refractivity contribution in [3.63, 3.8) is 0 Å². The van der Waals surface area contributed by atoms with Crippen LogP contribution in [0.15, 0.2) is 24.3 Å². The second-order valence-corrected chi connectivity index (χ2v) is 4.75. The van der Waals surface area contributed by atoms with Crippen molar-refractivity contribution in [1.29, 1.82) is 0 Å². The van der Waals surface area contributed by atoms with E-state index in [0.29, 0.717) is 6.04 Å². The van der Waals surface area contributed by atoms with Crippen molar-refractivity contribution < 1.29 is 0 Å². The van der Waals surface area contributed by atoms with Crippen LogP contribution in [0, 0.1) is 0 Å². The standard InChI is InChI=1S/C16H27N/c1-4-7-12-16(6-3)17-13-15-11-9-8-10-14(15)5-2/h8-11,16-17H,4-7,12-13H2,1-3H3. The van der Waals surface area contributed by atoms with Crippen LogP contribution in [-0.4, -0.2) is 6.04 Å². The zero-order valence-electron chi connectivity index (χ0n) is 11.6. The van der Waals surface area contributed by atoms with Gasteiger partial charge in [0.2, 0.25) is 0 Å². The van der Waals surface area contributed by atoms with E-state index in [1.807, 2.05) is 0 Å². The molecule has 1 rings (SSSR count). The van der Waals surface area contributed by atoms with Gasteiger partial charge in [-0.1, -0.05) is 57.9 Å². The third-order valence-electron chi connectivity index (χ3n) is 3.48. The first kappa shape index (κ1) is 14.2. The molecular weight excluding hydrogens is 206 g/mol. The topological polar surface area (TPSA) is 12.0 Å². The third-order valence-corrected chi connectivity index (χ3v) is 3.48. The molecule has 0 radical (unpaired) electrons. The highest BCUT2D eigenvalue weighted by molar-refractivity contribution is 5.26. The molecule has 0 saturated carbocycles. The lowest BCUT2D eigenvalue weighted by atomic mass is 10.0. The second kappa shape index (κ2) is 8.30. The largest absolute Gasteiger partial charge is 0.310 e. The van der Waals surface area contributed by atoms with Crippen LogP contribution in [0.4, 0.5) is 0 Å². The molecule has 0 aliphatic rings. The van der Waals surface area contributed by atoms with Crippen LogP contribution < -0.4 is 5.32 Å². The van der Waals surface area contributed by atoms with Gasteiger partial charge in [0.1, 0.15) is 0 Å². The fraction of sp³-hybridized carbons (Fsp3) is 0.625. The Morgan fingerprint density at radius 3 is 2.35 bits per heavy atom. The maximum absolute atomic E-state index is 3.70. The fourth-order valence-corrected chi connectivity index (χ4v) is 2.23. The van der Waals surface area contributed by atoms with Gasteiger partial charge in [-0.3, -0.25) is 0 Å². The van der Waals surface area contributed by atoms with Crippen LogP contribution in [0.3, 0.4) is 0 Å². The van der Waals surface area contributed by atoms with Gasteiger partial charge in [0, 0.05) is 12.6 Å². The Bertz CT molecular complexity index is 306. The van der Waals surface area contributed by atoms with Crippen LogP contribution >= 0.6 is 0 Å². The zero-order valence-corrected chi connectivity index (χ0v) is 11.6. The predicted molar refractivity (Wildman–Crippen MR) is 76.3 cm³/mol. The molecule has 0 aliphatic carbocycles. The van der Waals surface area contributed by atoms with Gasteiger partial charge in [-0.05, 0) is 30.4 Å². The molecule has 1 aromatic carbocycles. The normalized spacial score (nSPS) is 12.6. The molecule has 1 heteroatoms. The van der Waals surface area contributed by atoms with Crippen molar-refractivity contribution in [2.75, 3.05) is 0 Å². The summed E-state index contributed by atoms with van der Waals surface area (Å²) >= 11 is 0. The van der Waals surface area contributed by atoms with E-state index in [0.717, 1.165) is 13.0 Å². The molecule has 0 heterocycles. The van der Waals surface area contributed by atoms with E-state index in [-0.39, 0.29) is 0 Å².